The van der Waals surface area contributed by atoms with Gasteiger partial charge in [0.2, 0.25) is 0 Å². The number of carbonyl (C=O) groups excluding carboxylic acids is 1. The Labute approximate surface area is 110 Å². The van der Waals surface area contributed by atoms with Gasteiger partial charge in [-0.05, 0) is 30.2 Å². The molecular weight excluding hydrogens is 245 g/mol. The second kappa shape index (κ2) is 6.00. The topological polar surface area (TPSA) is 52.2 Å². The normalized spacial score (nSPS) is 10.2. The van der Waals surface area contributed by atoms with E-state index in [0.29, 0.717) is 18.7 Å². The summed E-state index contributed by atoms with van der Waals surface area (Å²) in [4.78, 5) is 10.9. The van der Waals surface area contributed by atoms with Crippen LogP contribution in [0.25, 0.3) is 0 Å². The molecule has 0 atom stereocenters. The van der Waals surface area contributed by atoms with Crippen molar-refractivity contribution >= 4 is 11.7 Å². The molecule has 98 valence electrons. The molecule has 0 saturated carbocycles. The van der Waals surface area contributed by atoms with Crippen molar-refractivity contribution in [1.29, 1.82) is 0 Å². The van der Waals surface area contributed by atoms with Gasteiger partial charge in [-0.25, -0.2) is 4.39 Å². The lowest BCUT2D eigenvalue weighted by atomic mass is 10.1. The summed E-state index contributed by atoms with van der Waals surface area (Å²) >= 11 is 0. The van der Waals surface area contributed by atoms with E-state index in [1.807, 2.05) is 0 Å². The largest absolute Gasteiger partial charge is 0.545 e. The zero-order chi connectivity index (χ0) is 13.7. The Kier molecular flexibility index (Phi) is 4.13. The first kappa shape index (κ1) is 13.1. The second-order valence-electron chi connectivity index (χ2n) is 4.14. The van der Waals surface area contributed by atoms with E-state index in [4.69, 9.17) is 0 Å². The Morgan fingerprint density at radius 3 is 2.47 bits per heavy atom. The zero-order valence-electron chi connectivity index (χ0n) is 10.2. The van der Waals surface area contributed by atoms with E-state index < -0.39 is 5.97 Å². The Hall–Kier alpha value is -2.36. The molecule has 0 aliphatic heterocycles. The maximum Gasteiger partial charge on any atom is 0.123 e. The summed E-state index contributed by atoms with van der Waals surface area (Å²) in [6.45, 7) is 0.565. The van der Waals surface area contributed by atoms with Crippen molar-refractivity contribution < 1.29 is 14.3 Å². The fourth-order valence-corrected chi connectivity index (χ4v) is 1.81. The molecule has 0 saturated heterocycles. The number of benzene rings is 2. The fraction of sp³-hybridized carbons (Fsp3) is 0.133. The monoisotopic (exact) mass is 258 g/mol. The highest BCUT2D eigenvalue weighted by atomic mass is 19.1. The van der Waals surface area contributed by atoms with Gasteiger partial charge in [-0.1, -0.05) is 30.3 Å². The van der Waals surface area contributed by atoms with Gasteiger partial charge in [0.05, 0.1) is 5.97 Å². The predicted molar refractivity (Wildman–Crippen MR) is 69.4 cm³/mol. The van der Waals surface area contributed by atoms with Crippen LogP contribution in [-0.2, 0) is 6.42 Å². The number of para-hydroxylation sites is 1. The van der Waals surface area contributed by atoms with Crippen molar-refractivity contribution in [2.75, 3.05) is 11.9 Å². The third-order valence-corrected chi connectivity index (χ3v) is 2.79. The summed E-state index contributed by atoms with van der Waals surface area (Å²) in [6.07, 6.45) is 0.682. The Bertz CT molecular complexity index is 567. The first-order valence-corrected chi connectivity index (χ1v) is 5.95. The summed E-state index contributed by atoms with van der Waals surface area (Å²) in [6, 6.07) is 12.8. The van der Waals surface area contributed by atoms with Crippen LogP contribution in [-0.4, -0.2) is 12.5 Å². The van der Waals surface area contributed by atoms with Crippen molar-refractivity contribution in [2.45, 2.75) is 6.42 Å². The molecule has 0 unspecified atom stereocenters. The molecule has 0 aliphatic carbocycles. The lowest BCUT2D eigenvalue weighted by Crippen LogP contribution is -2.23. The SMILES string of the molecule is O=C([O-])c1ccccc1NCCc1ccc(F)cc1. The van der Waals surface area contributed by atoms with Crippen LogP contribution < -0.4 is 10.4 Å². The van der Waals surface area contributed by atoms with E-state index in [1.54, 1.807) is 30.3 Å². The molecular formula is C15H13FNO2-. The first-order chi connectivity index (χ1) is 9.16. The van der Waals surface area contributed by atoms with Gasteiger partial charge in [0.15, 0.2) is 0 Å². The molecule has 4 heteroatoms. The lowest BCUT2D eigenvalue weighted by molar-refractivity contribution is -0.254. The number of carboxylic acids is 1. The Morgan fingerprint density at radius 1 is 1.11 bits per heavy atom. The number of halogens is 1. The number of nitrogens with one attached hydrogen (secondary N) is 1. The van der Waals surface area contributed by atoms with Gasteiger partial charge in [-0.2, -0.15) is 0 Å². The number of carboxylic acid groups (broad SMARTS) is 1. The molecule has 2 aromatic carbocycles. The molecule has 1 N–H and O–H groups in total. The molecule has 0 aliphatic rings. The van der Waals surface area contributed by atoms with Gasteiger partial charge in [-0.15, -0.1) is 0 Å². The van der Waals surface area contributed by atoms with Gasteiger partial charge in [-0.3, -0.25) is 0 Å². The zero-order valence-corrected chi connectivity index (χ0v) is 10.2. The van der Waals surface area contributed by atoms with Crippen molar-refractivity contribution in [2.24, 2.45) is 0 Å². The van der Waals surface area contributed by atoms with E-state index in [9.17, 15) is 14.3 Å². The van der Waals surface area contributed by atoms with E-state index >= 15 is 0 Å². The highest BCUT2D eigenvalue weighted by molar-refractivity contribution is 5.92. The van der Waals surface area contributed by atoms with Crippen LogP contribution in [0.3, 0.4) is 0 Å². The van der Waals surface area contributed by atoms with Crippen molar-refractivity contribution in [3.8, 4) is 0 Å². The number of hydrogen-bond donors (Lipinski definition) is 1. The average molecular weight is 258 g/mol. The number of carbonyl (C=O) groups is 1. The number of hydrogen-bond acceptors (Lipinski definition) is 3. The molecule has 3 nitrogen and oxygen atoms in total. The summed E-state index contributed by atoms with van der Waals surface area (Å²) in [5.41, 5.74) is 1.66. The molecule has 0 radical (unpaired) electrons. The number of rotatable bonds is 5. The minimum atomic E-state index is -1.20. The molecule has 0 spiro atoms. The van der Waals surface area contributed by atoms with Gasteiger partial charge >= 0.3 is 0 Å². The second-order valence-corrected chi connectivity index (χ2v) is 4.14. The minimum Gasteiger partial charge on any atom is -0.545 e. The molecule has 0 amide bonds. The van der Waals surface area contributed by atoms with Gasteiger partial charge in [0, 0.05) is 17.8 Å². The molecule has 2 rings (SSSR count). The van der Waals surface area contributed by atoms with Crippen LogP contribution in [0, 0.1) is 5.82 Å². The third-order valence-electron chi connectivity index (χ3n) is 2.79. The molecule has 0 aromatic heterocycles. The smallest absolute Gasteiger partial charge is 0.123 e. The first-order valence-electron chi connectivity index (χ1n) is 5.95. The summed E-state index contributed by atoms with van der Waals surface area (Å²) in [7, 11) is 0. The highest BCUT2D eigenvalue weighted by Gasteiger charge is 2.01. The molecule has 19 heavy (non-hydrogen) atoms. The maximum absolute atomic E-state index is 12.7. The number of aromatic carboxylic acids is 1. The molecule has 2 aromatic rings. The van der Waals surface area contributed by atoms with Crippen LogP contribution in [0.2, 0.25) is 0 Å². The van der Waals surface area contributed by atoms with Crippen LogP contribution in [0.5, 0.6) is 0 Å². The van der Waals surface area contributed by atoms with E-state index in [-0.39, 0.29) is 11.4 Å². The standard InChI is InChI=1S/C15H14FNO2/c16-12-7-5-11(6-8-12)9-10-17-14-4-2-1-3-13(14)15(18)19/h1-8,17H,9-10H2,(H,18,19)/p-1. The molecule has 0 fully saturated rings. The number of anilines is 1. The van der Waals surface area contributed by atoms with Gasteiger partial charge in [0.25, 0.3) is 0 Å². The van der Waals surface area contributed by atoms with Gasteiger partial charge < -0.3 is 15.2 Å². The summed E-state index contributed by atoms with van der Waals surface area (Å²) in [5, 5.41) is 13.9. The quantitative estimate of drug-likeness (QED) is 0.890. The van der Waals surface area contributed by atoms with Crippen molar-refractivity contribution in [1.82, 2.24) is 0 Å². The third kappa shape index (κ3) is 3.55. The van der Waals surface area contributed by atoms with Gasteiger partial charge in [0.1, 0.15) is 5.82 Å². The van der Waals surface area contributed by atoms with E-state index in [0.717, 1.165) is 5.56 Å². The molecule has 0 heterocycles. The van der Waals surface area contributed by atoms with Crippen LogP contribution in [0.1, 0.15) is 15.9 Å². The van der Waals surface area contributed by atoms with Crippen molar-refractivity contribution in [3.05, 3.63) is 65.5 Å². The minimum absolute atomic E-state index is 0.140. The summed E-state index contributed by atoms with van der Waals surface area (Å²) < 4.78 is 12.7. The molecule has 0 bridgehead atoms. The summed E-state index contributed by atoms with van der Waals surface area (Å²) in [5.74, 6) is -1.47. The fourth-order valence-electron chi connectivity index (χ4n) is 1.81. The van der Waals surface area contributed by atoms with E-state index in [2.05, 4.69) is 5.32 Å². The predicted octanol–water partition coefficient (Wildman–Crippen LogP) is 1.84. The van der Waals surface area contributed by atoms with Crippen LogP contribution >= 0.6 is 0 Å². The lowest BCUT2D eigenvalue weighted by Gasteiger charge is -2.12. The van der Waals surface area contributed by atoms with Crippen LogP contribution in [0.15, 0.2) is 48.5 Å². The van der Waals surface area contributed by atoms with Crippen LogP contribution in [0.4, 0.5) is 10.1 Å². The maximum atomic E-state index is 12.7. The van der Waals surface area contributed by atoms with E-state index in [1.165, 1.54) is 18.2 Å². The Balaban J connectivity index is 1.96. The average Bonchev–Trinajstić information content (AvgIpc) is 2.41. The van der Waals surface area contributed by atoms with Crippen molar-refractivity contribution in [3.63, 3.8) is 0 Å². The highest BCUT2D eigenvalue weighted by Crippen LogP contribution is 2.14. The Morgan fingerprint density at radius 2 is 1.79 bits per heavy atom.